The molecule has 1 aromatic heterocycles. The highest BCUT2D eigenvalue weighted by Gasteiger charge is 2.36. The van der Waals surface area contributed by atoms with Crippen molar-refractivity contribution in [2.24, 2.45) is 0 Å². The Kier molecular flexibility index (Phi) is 4.78. The van der Waals surface area contributed by atoms with Gasteiger partial charge in [0.2, 0.25) is 0 Å². The minimum atomic E-state index is -0.953. The first-order valence-corrected chi connectivity index (χ1v) is 8.90. The van der Waals surface area contributed by atoms with Crippen molar-refractivity contribution in [1.82, 2.24) is 9.97 Å². The third kappa shape index (κ3) is 3.70. The minimum Gasteiger partial charge on any atom is -0.447 e. The van der Waals surface area contributed by atoms with Crippen molar-refractivity contribution in [3.8, 4) is 11.4 Å². The molecule has 0 aliphatic carbocycles. The summed E-state index contributed by atoms with van der Waals surface area (Å²) in [6.07, 6.45) is 0.709. The van der Waals surface area contributed by atoms with E-state index in [1.165, 1.54) is 29.3 Å². The third-order valence-corrected chi connectivity index (χ3v) is 4.60. The lowest BCUT2D eigenvalue weighted by atomic mass is 10.2. The van der Waals surface area contributed by atoms with Crippen molar-refractivity contribution in [2.45, 2.75) is 12.5 Å². The third-order valence-electron chi connectivity index (χ3n) is 4.60. The van der Waals surface area contributed by atoms with Crippen molar-refractivity contribution >= 4 is 23.3 Å². The molecule has 0 bridgehead atoms. The van der Waals surface area contributed by atoms with E-state index in [0.29, 0.717) is 24.5 Å². The summed E-state index contributed by atoms with van der Waals surface area (Å²) in [5, 5.41) is 10.9. The monoisotopic (exact) mass is 392 g/mol. The highest BCUT2D eigenvalue weighted by Crippen LogP contribution is 2.27. The van der Waals surface area contributed by atoms with E-state index >= 15 is 0 Å². The maximum Gasteiger partial charge on any atom is 0.357 e. The predicted octanol–water partition coefficient (Wildman–Crippen LogP) is 2.95. The summed E-state index contributed by atoms with van der Waals surface area (Å²) in [7, 11) is 0. The van der Waals surface area contributed by atoms with Crippen molar-refractivity contribution < 1.29 is 19.2 Å². The van der Waals surface area contributed by atoms with Crippen LogP contribution in [-0.2, 0) is 9.53 Å². The van der Waals surface area contributed by atoms with E-state index in [2.05, 4.69) is 9.97 Å². The zero-order valence-corrected chi connectivity index (χ0v) is 15.1. The van der Waals surface area contributed by atoms with Crippen LogP contribution in [0.15, 0.2) is 60.8 Å². The molecule has 1 atom stereocenters. The second-order valence-corrected chi connectivity index (χ2v) is 6.46. The number of non-ortho nitro benzene ring substituents is 1. The Morgan fingerprint density at radius 1 is 1.21 bits per heavy atom. The van der Waals surface area contributed by atoms with Crippen LogP contribution in [0.4, 0.5) is 11.4 Å². The van der Waals surface area contributed by atoms with Crippen LogP contribution in [0.1, 0.15) is 16.9 Å². The lowest BCUT2D eigenvalue weighted by Crippen LogP contribution is -2.32. The molecule has 1 unspecified atom stereocenters. The van der Waals surface area contributed by atoms with Gasteiger partial charge in [0.1, 0.15) is 11.5 Å². The van der Waals surface area contributed by atoms with Crippen LogP contribution in [0, 0.1) is 10.1 Å². The summed E-state index contributed by atoms with van der Waals surface area (Å²) >= 11 is 0. The zero-order chi connectivity index (χ0) is 20.4. The number of aromatic nitrogens is 2. The number of amides is 1. The number of hydrogen-bond donors (Lipinski definition) is 1. The van der Waals surface area contributed by atoms with Gasteiger partial charge in [-0.05, 0) is 6.07 Å². The average molecular weight is 392 g/mol. The summed E-state index contributed by atoms with van der Waals surface area (Å²) in [6, 6.07) is 15.1. The van der Waals surface area contributed by atoms with Crippen molar-refractivity contribution in [3.63, 3.8) is 0 Å². The van der Waals surface area contributed by atoms with Crippen molar-refractivity contribution in [3.05, 3.63) is 76.6 Å². The molecule has 1 aliphatic rings. The molecule has 1 amide bonds. The molecule has 1 aliphatic heterocycles. The van der Waals surface area contributed by atoms with Gasteiger partial charge in [0.15, 0.2) is 6.10 Å². The van der Waals surface area contributed by atoms with E-state index in [-0.39, 0.29) is 11.4 Å². The summed E-state index contributed by atoms with van der Waals surface area (Å²) in [4.78, 5) is 43.9. The van der Waals surface area contributed by atoms with Crippen LogP contribution in [0.25, 0.3) is 11.4 Å². The van der Waals surface area contributed by atoms with E-state index in [4.69, 9.17) is 4.74 Å². The molecule has 2 heterocycles. The van der Waals surface area contributed by atoms with Crippen molar-refractivity contribution in [1.29, 1.82) is 0 Å². The number of aromatic amines is 1. The predicted molar refractivity (Wildman–Crippen MR) is 103 cm³/mol. The molecule has 0 saturated carbocycles. The highest BCUT2D eigenvalue weighted by atomic mass is 16.6. The molecule has 29 heavy (non-hydrogen) atoms. The van der Waals surface area contributed by atoms with Gasteiger partial charge >= 0.3 is 5.97 Å². The fraction of sp³-hybridized carbons (Fsp3) is 0.150. The minimum absolute atomic E-state index is 0.110. The summed E-state index contributed by atoms with van der Waals surface area (Å²) in [5.41, 5.74) is 1.25. The Morgan fingerprint density at radius 2 is 2.00 bits per heavy atom. The number of carbonyl (C=O) groups excluding carboxylic acids is 2. The van der Waals surface area contributed by atoms with Crippen LogP contribution >= 0.6 is 0 Å². The highest BCUT2D eigenvalue weighted by molar-refractivity contribution is 6.01. The van der Waals surface area contributed by atoms with E-state index in [1.807, 2.05) is 30.3 Å². The fourth-order valence-electron chi connectivity index (χ4n) is 3.15. The number of ether oxygens (including phenoxy) is 1. The number of H-pyrrole nitrogens is 1. The Labute approximate surface area is 165 Å². The number of nitro groups is 1. The van der Waals surface area contributed by atoms with Gasteiger partial charge in [0, 0.05) is 30.7 Å². The number of rotatable bonds is 5. The summed E-state index contributed by atoms with van der Waals surface area (Å²) in [6.45, 7) is 0.302. The first-order chi connectivity index (χ1) is 14.0. The molecule has 1 fully saturated rings. The SMILES string of the molecule is O=C(OC1CCN(c2cccc([N+](=O)[O-])c2)C1=O)c1cnc(-c2ccccc2)[nH]1. The van der Waals surface area contributed by atoms with Gasteiger partial charge < -0.3 is 14.6 Å². The van der Waals surface area contributed by atoms with Gasteiger partial charge in [-0.2, -0.15) is 0 Å². The summed E-state index contributed by atoms with van der Waals surface area (Å²) < 4.78 is 5.35. The number of imidazole rings is 1. The van der Waals surface area contributed by atoms with E-state index in [9.17, 15) is 19.7 Å². The van der Waals surface area contributed by atoms with E-state index < -0.39 is 22.9 Å². The largest absolute Gasteiger partial charge is 0.447 e. The van der Waals surface area contributed by atoms with Crippen LogP contribution in [0.3, 0.4) is 0 Å². The molecular formula is C20H16N4O5. The molecular weight excluding hydrogens is 376 g/mol. The van der Waals surface area contributed by atoms with Crippen LogP contribution in [-0.4, -0.2) is 39.4 Å². The van der Waals surface area contributed by atoms with Crippen LogP contribution in [0.5, 0.6) is 0 Å². The number of nitro benzene ring substituents is 1. The quantitative estimate of drug-likeness (QED) is 0.405. The second kappa shape index (κ2) is 7.55. The maximum atomic E-state index is 12.6. The zero-order valence-electron chi connectivity index (χ0n) is 15.1. The number of anilines is 1. The summed E-state index contributed by atoms with van der Waals surface area (Å²) in [5.74, 6) is -0.575. The number of nitrogens with zero attached hydrogens (tertiary/aromatic N) is 3. The Morgan fingerprint density at radius 3 is 2.76 bits per heavy atom. The Hall–Kier alpha value is -4.01. The van der Waals surface area contributed by atoms with Gasteiger partial charge in [-0.1, -0.05) is 36.4 Å². The lowest BCUT2D eigenvalue weighted by Gasteiger charge is -2.16. The lowest BCUT2D eigenvalue weighted by molar-refractivity contribution is -0.384. The molecule has 146 valence electrons. The van der Waals surface area contributed by atoms with Crippen LogP contribution in [0.2, 0.25) is 0 Å². The van der Waals surface area contributed by atoms with Gasteiger partial charge in [0.25, 0.3) is 11.6 Å². The normalized spacial score (nSPS) is 16.1. The van der Waals surface area contributed by atoms with Crippen LogP contribution < -0.4 is 4.90 Å². The Balaban J connectivity index is 1.45. The number of nitrogens with one attached hydrogen (secondary N) is 1. The first-order valence-electron chi connectivity index (χ1n) is 8.90. The number of hydrogen-bond acceptors (Lipinski definition) is 6. The molecule has 0 radical (unpaired) electrons. The van der Waals surface area contributed by atoms with Gasteiger partial charge in [-0.25, -0.2) is 9.78 Å². The average Bonchev–Trinajstić information content (AvgIpc) is 3.37. The maximum absolute atomic E-state index is 12.6. The molecule has 9 nitrogen and oxygen atoms in total. The topological polar surface area (TPSA) is 118 Å². The molecule has 0 spiro atoms. The van der Waals surface area contributed by atoms with Crippen molar-refractivity contribution in [2.75, 3.05) is 11.4 Å². The van der Waals surface area contributed by atoms with Gasteiger partial charge in [0.05, 0.1) is 16.8 Å². The van der Waals surface area contributed by atoms with Gasteiger partial charge in [-0.3, -0.25) is 14.9 Å². The molecule has 3 aromatic rings. The number of benzene rings is 2. The van der Waals surface area contributed by atoms with E-state index in [1.54, 1.807) is 6.07 Å². The smallest absolute Gasteiger partial charge is 0.357 e. The number of carbonyl (C=O) groups is 2. The number of esters is 1. The first kappa shape index (κ1) is 18.4. The van der Waals surface area contributed by atoms with E-state index in [0.717, 1.165) is 5.56 Å². The molecule has 4 rings (SSSR count). The molecule has 2 aromatic carbocycles. The standard InChI is InChI=1S/C20H16N4O5/c25-19-17(9-10-23(19)14-7-4-8-15(11-14)24(27)28)29-20(26)16-12-21-18(22-16)13-5-2-1-3-6-13/h1-8,11-12,17H,9-10H2,(H,21,22). The Bertz CT molecular complexity index is 1080. The molecule has 9 heteroatoms. The molecule has 1 saturated heterocycles. The molecule has 1 N–H and O–H groups in total. The van der Waals surface area contributed by atoms with Gasteiger partial charge in [-0.15, -0.1) is 0 Å². The fourth-order valence-corrected chi connectivity index (χ4v) is 3.15. The second-order valence-electron chi connectivity index (χ2n) is 6.46.